The maximum atomic E-state index is 12.0. The molecule has 4 rings (SSSR count). The quantitative estimate of drug-likeness (QED) is 0.761. The van der Waals surface area contributed by atoms with Crippen LogP contribution >= 0.6 is 0 Å². The van der Waals surface area contributed by atoms with Gasteiger partial charge in [0.25, 0.3) is 0 Å². The zero-order valence-electron chi connectivity index (χ0n) is 15.1. The van der Waals surface area contributed by atoms with Crippen molar-refractivity contribution in [3.8, 4) is 23.0 Å². The first-order chi connectivity index (χ1) is 13.7. The van der Waals surface area contributed by atoms with Crippen molar-refractivity contribution in [2.45, 2.75) is 12.2 Å². The van der Waals surface area contributed by atoms with E-state index in [-0.39, 0.29) is 25.3 Å². The molecule has 2 aromatic rings. The van der Waals surface area contributed by atoms with Gasteiger partial charge in [0, 0.05) is 0 Å². The number of carbonyl (C=O) groups is 2. The van der Waals surface area contributed by atoms with Crippen molar-refractivity contribution in [2.75, 3.05) is 26.3 Å². The summed E-state index contributed by atoms with van der Waals surface area (Å²) in [6.45, 7) is 0.922. The number of hydrogen-bond acceptors (Lipinski definition) is 6. The second-order valence-corrected chi connectivity index (χ2v) is 6.42. The number of amides is 2. The Morgan fingerprint density at radius 1 is 0.714 bits per heavy atom. The summed E-state index contributed by atoms with van der Waals surface area (Å²) in [5.41, 5.74) is 0. The van der Waals surface area contributed by atoms with Gasteiger partial charge in [-0.05, 0) is 24.3 Å². The summed E-state index contributed by atoms with van der Waals surface area (Å²) in [4.78, 5) is 24.0. The van der Waals surface area contributed by atoms with Crippen LogP contribution in [0.3, 0.4) is 0 Å². The lowest BCUT2D eigenvalue weighted by Crippen LogP contribution is -2.48. The Morgan fingerprint density at radius 3 is 1.54 bits per heavy atom. The normalized spacial score (nSPS) is 19.4. The Morgan fingerprint density at radius 2 is 1.11 bits per heavy atom. The Labute approximate surface area is 161 Å². The molecule has 2 atom stereocenters. The predicted molar refractivity (Wildman–Crippen MR) is 98.7 cm³/mol. The molecule has 0 saturated carbocycles. The summed E-state index contributed by atoms with van der Waals surface area (Å²) in [6.07, 6.45) is -0.726. The van der Waals surface area contributed by atoms with E-state index in [1.807, 2.05) is 36.4 Å². The second-order valence-electron chi connectivity index (χ2n) is 6.42. The van der Waals surface area contributed by atoms with Crippen molar-refractivity contribution < 1.29 is 28.5 Å². The molecule has 146 valence electrons. The van der Waals surface area contributed by atoms with Crippen LogP contribution in [0.1, 0.15) is 0 Å². The number of fused-ring (bicyclic) bond motifs is 2. The van der Waals surface area contributed by atoms with Crippen LogP contribution in [0.15, 0.2) is 48.5 Å². The van der Waals surface area contributed by atoms with E-state index >= 15 is 0 Å². The Hall–Kier alpha value is -3.42. The standard InChI is InChI=1S/C20H20N2O6/c23-19(21-9-13-11-25-15-5-1-3-7-17(15)27-13)20(24)22-10-14-12-26-16-6-2-4-8-18(16)28-14/h1-8,13-14H,9-12H2,(H,21,23)(H,22,24)/t13-,14+. The van der Waals surface area contributed by atoms with Gasteiger partial charge in [0.05, 0.1) is 13.1 Å². The van der Waals surface area contributed by atoms with Gasteiger partial charge in [-0.2, -0.15) is 0 Å². The van der Waals surface area contributed by atoms with E-state index in [4.69, 9.17) is 18.9 Å². The fourth-order valence-electron chi connectivity index (χ4n) is 2.90. The van der Waals surface area contributed by atoms with Crippen molar-refractivity contribution in [2.24, 2.45) is 0 Å². The summed E-state index contributed by atoms with van der Waals surface area (Å²) in [7, 11) is 0. The zero-order chi connectivity index (χ0) is 19.3. The molecule has 0 saturated heterocycles. The highest BCUT2D eigenvalue weighted by Crippen LogP contribution is 2.31. The van der Waals surface area contributed by atoms with Gasteiger partial charge in [-0.1, -0.05) is 24.3 Å². The molecule has 0 unspecified atom stereocenters. The van der Waals surface area contributed by atoms with E-state index < -0.39 is 11.8 Å². The molecule has 0 bridgehead atoms. The lowest BCUT2D eigenvalue weighted by atomic mass is 10.2. The van der Waals surface area contributed by atoms with E-state index in [1.165, 1.54) is 0 Å². The molecule has 0 aromatic heterocycles. The van der Waals surface area contributed by atoms with E-state index in [0.29, 0.717) is 36.2 Å². The summed E-state index contributed by atoms with van der Waals surface area (Å²) >= 11 is 0. The van der Waals surface area contributed by atoms with Gasteiger partial charge in [-0.25, -0.2) is 0 Å². The minimum absolute atomic E-state index is 0.164. The topological polar surface area (TPSA) is 95.1 Å². The summed E-state index contributed by atoms with van der Waals surface area (Å²) in [5, 5.41) is 5.12. The van der Waals surface area contributed by atoms with Crippen LogP contribution in [0, 0.1) is 0 Å². The van der Waals surface area contributed by atoms with Crippen molar-refractivity contribution in [3.05, 3.63) is 48.5 Å². The number of nitrogens with one attached hydrogen (secondary N) is 2. The minimum atomic E-state index is -0.736. The summed E-state index contributed by atoms with van der Waals surface area (Å²) in [5.74, 6) is 1.09. The van der Waals surface area contributed by atoms with E-state index in [1.54, 1.807) is 12.1 Å². The van der Waals surface area contributed by atoms with Crippen molar-refractivity contribution >= 4 is 11.8 Å². The third-order valence-electron chi connectivity index (χ3n) is 4.32. The first kappa shape index (κ1) is 18.0. The number of carbonyl (C=O) groups excluding carboxylic acids is 2. The van der Waals surface area contributed by atoms with Crippen LogP contribution in [-0.4, -0.2) is 50.3 Å². The molecule has 0 aliphatic carbocycles. The molecule has 2 aliphatic rings. The van der Waals surface area contributed by atoms with Crippen LogP contribution in [-0.2, 0) is 9.59 Å². The van der Waals surface area contributed by atoms with Gasteiger partial charge in [0.15, 0.2) is 23.0 Å². The molecular weight excluding hydrogens is 364 g/mol. The monoisotopic (exact) mass is 384 g/mol. The van der Waals surface area contributed by atoms with Gasteiger partial charge in [-0.15, -0.1) is 0 Å². The fourth-order valence-corrected chi connectivity index (χ4v) is 2.90. The molecule has 8 nitrogen and oxygen atoms in total. The van der Waals surface area contributed by atoms with Gasteiger partial charge in [0.1, 0.15) is 25.4 Å². The third-order valence-corrected chi connectivity index (χ3v) is 4.32. The van der Waals surface area contributed by atoms with Crippen LogP contribution in [0.4, 0.5) is 0 Å². The average Bonchev–Trinajstić information content (AvgIpc) is 2.75. The van der Waals surface area contributed by atoms with Gasteiger partial charge >= 0.3 is 11.8 Å². The van der Waals surface area contributed by atoms with E-state index in [2.05, 4.69) is 10.6 Å². The van der Waals surface area contributed by atoms with Crippen molar-refractivity contribution in [3.63, 3.8) is 0 Å². The maximum Gasteiger partial charge on any atom is 0.309 e. The van der Waals surface area contributed by atoms with Gasteiger partial charge in [0.2, 0.25) is 0 Å². The zero-order valence-corrected chi connectivity index (χ0v) is 15.1. The summed E-state index contributed by atoms with van der Waals surface area (Å²) in [6, 6.07) is 14.6. The lowest BCUT2D eigenvalue weighted by Gasteiger charge is -2.27. The van der Waals surface area contributed by atoms with Crippen molar-refractivity contribution in [1.82, 2.24) is 10.6 Å². The molecule has 2 aromatic carbocycles. The van der Waals surface area contributed by atoms with Gasteiger partial charge < -0.3 is 29.6 Å². The fraction of sp³-hybridized carbons (Fsp3) is 0.300. The third kappa shape index (κ3) is 4.11. The number of para-hydroxylation sites is 4. The van der Waals surface area contributed by atoms with Crippen LogP contribution in [0.25, 0.3) is 0 Å². The molecule has 2 heterocycles. The molecule has 0 fully saturated rings. The number of rotatable bonds is 4. The number of ether oxygens (including phenoxy) is 4. The average molecular weight is 384 g/mol. The largest absolute Gasteiger partial charge is 0.486 e. The molecule has 2 N–H and O–H groups in total. The smallest absolute Gasteiger partial charge is 0.309 e. The lowest BCUT2D eigenvalue weighted by molar-refractivity contribution is -0.139. The Bertz CT molecular complexity index is 800. The SMILES string of the molecule is O=C(NC[C@@H]1COc2ccccc2O1)C(=O)NC[C@H]1COc2ccccc2O1. The first-order valence-electron chi connectivity index (χ1n) is 9.02. The molecule has 0 radical (unpaired) electrons. The Balaban J connectivity index is 1.20. The molecule has 8 heteroatoms. The Kier molecular flexibility index (Phi) is 5.18. The maximum absolute atomic E-state index is 12.0. The second kappa shape index (κ2) is 8.08. The number of benzene rings is 2. The summed E-state index contributed by atoms with van der Waals surface area (Å²) < 4.78 is 22.6. The molecule has 2 aliphatic heterocycles. The molecule has 28 heavy (non-hydrogen) atoms. The van der Waals surface area contributed by atoms with Crippen LogP contribution in [0.5, 0.6) is 23.0 Å². The predicted octanol–water partition coefficient (Wildman–Crippen LogP) is 0.899. The van der Waals surface area contributed by atoms with E-state index in [0.717, 1.165) is 0 Å². The highest BCUT2D eigenvalue weighted by Gasteiger charge is 2.24. The first-order valence-corrected chi connectivity index (χ1v) is 9.02. The van der Waals surface area contributed by atoms with E-state index in [9.17, 15) is 9.59 Å². The van der Waals surface area contributed by atoms with Crippen molar-refractivity contribution in [1.29, 1.82) is 0 Å². The minimum Gasteiger partial charge on any atom is -0.486 e. The van der Waals surface area contributed by atoms with Gasteiger partial charge in [-0.3, -0.25) is 9.59 Å². The highest BCUT2D eigenvalue weighted by molar-refractivity contribution is 6.35. The molecular formula is C20H20N2O6. The van der Waals surface area contributed by atoms with Crippen LogP contribution in [0.2, 0.25) is 0 Å². The molecule has 2 amide bonds. The number of hydrogen-bond donors (Lipinski definition) is 2. The van der Waals surface area contributed by atoms with Crippen LogP contribution < -0.4 is 29.6 Å². The highest BCUT2D eigenvalue weighted by atomic mass is 16.6. The molecule has 0 spiro atoms.